The lowest BCUT2D eigenvalue weighted by Crippen LogP contribution is -2.68. The van der Waals surface area contributed by atoms with Crippen molar-refractivity contribution in [3.63, 3.8) is 0 Å². The Morgan fingerprint density at radius 2 is 1.35 bits per heavy atom. The Balaban J connectivity index is 0.000000681. The van der Waals surface area contributed by atoms with Crippen molar-refractivity contribution >= 4 is 5.97 Å². The zero-order chi connectivity index (χ0) is 28.4. The van der Waals surface area contributed by atoms with E-state index in [1.54, 1.807) is 0 Å². The van der Waals surface area contributed by atoms with Crippen LogP contribution in [0.3, 0.4) is 0 Å². The van der Waals surface area contributed by atoms with Crippen LogP contribution >= 0.6 is 0 Å². The molecule has 0 radical (unpaired) electrons. The van der Waals surface area contributed by atoms with Gasteiger partial charge in [-0.15, -0.1) is 10.2 Å². The standard InChI is InChI=1S/C30H37O5.ClHO4/c31-29(30-20-23-17-24(21-30)19-25(18-23)22-30)35-16-14-33-12-11-32-13-15-34-28-9-7-27(8-10-28)26-5-3-1-2-4-6-26;2-1(3,4)5/h1-5,7-10,23-26H,11-22H2;(H,2,3,4,5)/q+1;/p-1. The van der Waals surface area contributed by atoms with E-state index in [1.807, 2.05) is 36.4 Å². The van der Waals surface area contributed by atoms with Gasteiger partial charge in [0.1, 0.15) is 24.9 Å². The van der Waals surface area contributed by atoms with E-state index in [1.165, 1.54) is 24.8 Å². The van der Waals surface area contributed by atoms with E-state index in [2.05, 4.69) is 24.3 Å². The van der Waals surface area contributed by atoms with Gasteiger partial charge < -0.3 is 18.9 Å². The molecule has 9 nitrogen and oxygen atoms in total. The molecule has 40 heavy (non-hydrogen) atoms. The van der Waals surface area contributed by atoms with Crippen LogP contribution < -0.4 is 23.4 Å². The molecule has 0 heterocycles. The molecule has 4 bridgehead atoms. The third-order valence-corrected chi connectivity index (χ3v) is 7.94. The maximum Gasteiger partial charge on any atom is 0.312 e. The Kier molecular flexibility index (Phi) is 11.1. The first-order valence-corrected chi connectivity index (χ1v) is 15.0. The lowest BCUT2D eigenvalue weighted by atomic mass is 9.49. The van der Waals surface area contributed by atoms with Gasteiger partial charge in [-0.05, 0) is 86.1 Å². The molecule has 0 aliphatic heterocycles. The zero-order valence-corrected chi connectivity index (χ0v) is 23.3. The van der Waals surface area contributed by atoms with Crippen LogP contribution in [0.4, 0.5) is 0 Å². The van der Waals surface area contributed by atoms with Crippen LogP contribution in [0.25, 0.3) is 0 Å². The normalized spacial score (nSPS) is 27.9. The van der Waals surface area contributed by atoms with Crippen molar-refractivity contribution in [3.05, 3.63) is 66.3 Å². The number of carbonyl (C=O) groups excluding carboxylic acids is 1. The minimum absolute atomic E-state index is 0.0268. The SMILES string of the molecule is O=C(OCCOCCOCCOc1ccc(C2[C+]=CC=CC=C2)cc1)C12CC3CC(CC(C3)C1)C2.[O-][Cl+3]([O-])([O-])[O-]. The van der Waals surface area contributed by atoms with Gasteiger partial charge in [-0.25, -0.2) is 18.6 Å². The van der Waals surface area contributed by atoms with Crippen LogP contribution in [-0.4, -0.2) is 45.6 Å². The molecule has 0 N–H and O–H groups in total. The number of benzene rings is 1. The average Bonchev–Trinajstić information content (AvgIpc) is 3.18. The van der Waals surface area contributed by atoms with Gasteiger partial charge in [0.15, 0.2) is 6.08 Å². The van der Waals surface area contributed by atoms with E-state index in [4.69, 9.17) is 37.6 Å². The predicted molar refractivity (Wildman–Crippen MR) is 134 cm³/mol. The lowest BCUT2D eigenvalue weighted by molar-refractivity contribution is -2.00. The summed E-state index contributed by atoms with van der Waals surface area (Å²) in [6.45, 7) is 2.72. The summed E-state index contributed by atoms with van der Waals surface area (Å²) in [4.78, 5) is 12.8. The molecular weight excluding hydrogens is 540 g/mol. The summed E-state index contributed by atoms with van der Waals surface area (Å²) < 4.78 is 56.6. The quantitative estimate of drug-likeness (QED) is 0.199. The van der Waals surface area contributed by atoms with Gasteiger partial charge >= 0.3 is 5.97 Å². The maximum absolute atomic E-state index is 12.8. The van der Waals surface area contributed by atoms with Gasteiger partial charge in [-0.2, -0.15) is 0 Å². The Morgan fingerprint density at radius 3 is 1.95 bits per heavy atom. The largest absolute Gasteiger partial charge is 0.491 e. The monoisotopic (exact) mass is 576 g/mol. The van der Waals surface area contributed by atoms with Crippen LogP contribution in [0.1, 0.15) is 50.0 Å². The van der Waals surface area contributed by atoms with Crippen molar-refractivity contribution in [1.82, 2.24) is 0 Å². The minimum Gasteiger partial charge on any atom is -0.491 e. The Labute approximate surface area is 237 Å². The number of esters is 1. The summed E-state index contributed by atoms with van der Waals surface area (Å²) >= 11 is 0. The molecule has 4 saturated carbocycles. The number of rotatable bonds is 12. The van der Waals surface area contributed by atoms with E-state index in [0.717, 1.165) is 42.8 Å². The Morgan fingerprint density at radius 1 is 0.800 bits per heavy atom. The molecule has 0 saturated heterocycles. The fourth-order valence-corrected chi connectivity index (χ4v) is 6.74. The molecule has 5 aliphatic rings. The fourth-order valence-electron chi connectivity index (χ4n) is 6.74. The minimum atomic E-state index is -4.94. The second-order valence-corrected chi connectivity index (χ2v) is 11.7. The third kappa shape index (κ3) is 9.65. The molecule has 0 spiro atoms. The van der Waals surface area contributed by atoms with E-state index in [9.17, 15) is 4.79 Å². The van der Waals surface area contributed by atoms with Gasteiger partial charge in [0.25, 0.3) is 0 Å². The van der Waals surface area contributed by atoms with Crippen LogP contribution in [0.15, 0.2) is 54.6 Å². The summed E-state index contributed by atoms with van der Waals surface area (Å²) in [5.41, 5.74) is 1.00. The first-order chi connectivity index (χ1) is 19.2. The predicted octanol–water partition coefficient (Wildman–Crippen LogP) is 0.671. The van der Waals surface area contributed by atoms with E-state index >= 15 is 0 Å². The van der Waals surface area contributed by atoms with E-state index in [0.29, 0.717) is 39.6 Å². The number of halogens is 1. The van der Waals surface area contributed by atoms with Gasteiger partial charge in [0, 0.05) is 6.08 Å². The number of hydrogen-bond acceptors (Lipinski definition) is 9. The van der Waals surface area contributed by atoms with Crippen molar-refractivity contribution in [2.75, 3.05) is 39.6 Å². The third-order valence-electron chi connectivity index (χ3n) is 7.94. The van der Waals surface area contributed by atoms with Crippen LogP contribution in [0.2, 0.25) is 0 Å². The molecular formula is C30H37ClO9. The van der Waals surface area contributed by atoms with Crippen molar-refractivity contribution < 1.29 is 52.6 Å². The lowest BCUT2D eigenvalue weighted by Gasteiger charge is -2.55. The van der Waals surface area contributed by atoms with Gasteiger partial charge in [-0.1, -0.05) is 12.1 Å². The highest BCUT2D eigenvalue weighted by Crippen LogP contribution is 2.60. The van der Waals surface area contributed by atoms with Crippen LogP contribution in [0, 0.1) is 39.5 Å². The Hall–Kier alpha value is -2.33. The van der Waals surface area contributed by atoms with Crippen molar-refractivity contribution in [1.29, 1.82) is 0 Å². The first kappa shape index (κ1) is 30.6. The number of carbonyl (C=O) groups is 1. The van der Waals surface area contributed by atoms with Crippen molar-refractivity contribution in [2.45, 2.75) is 44.4 Å². The highest BCUT2D eigenvalue weighted by Gasteiger charge is 2.55. The molecule has 10 heteroatoms. The molecule has 1 unspecified atom stereocenters. The average molecular weight is 577 g/mol. The molecule has 0 aromatic heterocycles. The topological polar surface area (TPSA) is 146 Å². The van der Waals surface area contributed by atoms with E-state index in [-0.39, 0.29) is 17.3 Å². The van der Waals surface area contributed by atoms with Gasteiger partial charge in [0.05, 0.1) is 44.0 Å². The molecule has 1 aromatic carbocycles. The van der Waals surface area contributed by atoms with Crippen molar-refractivity contribution in [3.8, 4) is 5.75 Å². The first-order valence-electron chi connectivity index (χ1n) is 13.8. The fraction of sp³-hybridized carbons (Fsp3) is 0.567. The number of allylic oxidation sites excluding steroid dienone is 6. The molecule has 6 rings (SSSR count). The molecule has 1 atom stereocenters. The summed E-state index contributed by atoms with van der Waals surface area (Å²) in [5.74, 6) is 3.28. The van der Waals surface area contributed by atoms with Gasteiger partial charge in [-0.3, -0.25) is 4.79 Å². The van der Waals surface area contributed by atoms with Crippen molar-refractivity contribution in [2.24, 2.45) is 23.2 Å². The second-order valence-electron chi connectivity index (χ2n) is 10.9. The summed E-state index contributed by atoms with van der Waals surface area (Å²) in [7, 11) is -4.94. The van der Waals surface area contributed by atoms with E-state index < -0.39 is 10.2 Å². The summed E-state index contributed by atoms with van der Waals surface area (Å²) in [6.07, 6.45) is 20.6. The second kappa shape index (κ2) is 14.5. The van der Waals surface area contributed by atoms with Gasteiger partial charge in [0.2, 0.25) is 0 Å². The van der Waals surface area contributed by atoms with Crippen LogP contribution in [0.5, 0.6) is 5.75 Å². The highest BCUT2D eigenvalue weighted by atomic mass is 35.7. The molecule has 218 valence electrons. The maximum atomic E-state index is 12.8. The number of ether oxygens (including phenoxy) is 4. The summed E-state index contributed by atoms with van der Waals surface area (Å²) in [6, 6.07) is 8.11. The number of hydrogen-bond donors (Lipinski definition) is 0. The molecule has 5 aliphatic carbocycles. The van der Waals surface area contributed by atoms with Crippen LogP contribution in [-0.2, 0) is 19.0 Å². The molecule has 0 amide bonds. The smallest absolute Gasteiger partial charge is 0.312 e. The summed E-state index contributed by atoms with van der Waals surface area (Å²) in [5, 5.41) is 0. The zero-order valence-electron chi connectivity index (χ0n) is 22.5. The molecule has 4 fully saturated rings. The Bertz CT molecular complexity index is 971. The molecule has 1 aromatic rings. The highest BCUT2D eigenvalue weighted by molar-refractivity contribution is 5.77.